The third kappa shape index (κ3) is 7.96. The van der Waals surface area contributed by atoms with E-state index in [0.29, 0.717) is 11.1 Å². The Balaban J connectivity index is 2.03. The molecule has 1 aliphatic heterocycles. The predicted octanol–water partition coefficient (Wildman–Crippen LogP) is 5.28. The first-order valence-corrected chi connectivity index (χ1v) is 12.4. The van der Waals surface area contributed by atoms with Gasteiger partial charge in [-0.25, -0.2) is 4.99 Å². The van der Waals surface area contributed by atoms with Gasteiger partial charge < -0.3 is 16.4 Å². The zero-order valence-corrected chi connectivity index (χ0v) is 21.8. The number of aliphatic imine (C=N–C) groups is 1. The van der Waals surface area contributed by atoms with E-state index in [0.717, 1.165) is 5.56 Å². The molecule has 3 unspecified atom stereocenters. The van der Waals surface area contributed by atoms with E-state index >= 15 is 0 Å². The number of nitrogens with one attached hydrogen (secondary N) is 2. The van der Waals surface area contributed by atoms with Gasteiger partial charge in [-0.1, -0.05) is 48.0 Å². The molecule has 7 nitrogen and oxygen atoms in total. The number of benzodiazepines with no additional fused rings is 1. The number of fused-ring (bicyclic) bond motifs is 1. The topological polar surface area (TPSA) is 114 Å². The summed E-state index contributed by atoms with van der Waals surface area (Å²) in [6, 6.07) is 11.6. The highest BCUT2D eigenvalue weighted by atomic mass is 35.5. The molecule has 0 radical (unpaired) electrons. The molecule has 0 spiro atoms. The van der Waals surface area contributed by atoms with Gasteiger partial charge in [0.15, 0.2) is 0 Å². The highest BCUT2D eigenvalue weighted by Gasteiger charge is 2.40. The number of carbonyl (C=O) groups is 3. The zero-order chi connectivity index (χ0) is 29.8. The van der Waals surface area contributed by atoms with Gasteiger partial charge in [-0.3, -0.25) is 14.4 Å². The number of rotatable bonds is 9. The smallest absolute Gasteiger partial charge is 0.369 e. The van der Waals surface area contributed by atoms with E-state index in [2.05, 4.69) is 15.6 Å². The van der Waals surface area contributed by atoms with Crippen LogP contribution >= 0.6 is 11.6 Å². The highest BCUT2D eigenvalue weighted by molar-refractivity contribution is 6.36. The van der Waals surface area contributed by atoms with E-state index in [9.17, 15) is 40.7 Å². The second-order valence-electron chi connectivity index (χ2n) is 9.28. The molecule has 1 aliphatic rings. The summed E-state index contributed by atoms with van der Waals surface area (Å²) in [5, 5.41) is 4.89. The number of carbonyl (C=O) groups excluding carboxylic acids is 3. The summed E-state index contributed by atoms with van der Waals surface area (Å²) in [6.45, 7) is 1.76. The fourth-order valence-corrected chi connectivity index (χ4v) is 4.61. The average molecular weight is 591 g/mol. The van der Waals surface area contributed by atoms with Gasteiger partial charge in [0, 0.05) is 35.8 Å². The van der Waals surface area contributed by atoms with Crippen LogP contribution in [0.3, 0.4) is 0 Å². The first-order valence-electron chi connectivity index (χ1n) is 12.0. The number of para-hydroxylation sites is 1. The maximum absolute atomic E-state index is 13.3. The maximum atomic E-state index is 13.3. The Morgan fingerprint density at radius 3 is 2.12 bits per heavy atom. The SMILES string of the molecule is Cc1ccccc1C1=NC(NC(=O)C(CCC(F)(F)F)C(CCC(F)(F)F)C(N)=O)C(=O)Nc2c(Cl)cccc21. The lowest BCUT2D eigenvalue weighted by molar-refractivity contribution is -0.152. The Bertz CT molecular complexity index is 1310. The minimum atomic E-state index is -4.78. The van der Waals surface area contributed by atoms with Gasteiger partial charge >= 0.3 is 12.4 Å². The molecule has 216 valence electrons. The molecule has 14 heteroatoms. The minimum Gasteiger partial charge on any atom is -0.369 e. The lowest BCUT2D eigenvalue weighted by Gasteiger charge is -2.26. The third-order valence-electron chi connectivity index (χ3n) is 6.37. The summed E-state index contributed by atoms with van der Waals surface area (Å²) in [5.74, 6) is -7.36. The Labute approximate surface area is 230 Å². The molecular formula is C26H25ClF6N4O3. The Morgan fingerprint density at radius 1 is 0.975 bits per heavy atom. The number of benzene rings is 2. The molecular weight excluding hydrogens is 566 g/mol. The quantitative estimate of drug-likeness (QED) is 0.345. The highest BCUT2D eigenvalue weighted by Crippen LogP contribution is 2.34. The molecule has 2 aromatic rings. The number of nitrogens with two attached hydrogens (primary N) is 1. The van der Waals surface area contributed by atoms with Gasteiger partial charge in [0.1, 0.15) is 0 Å². The second-order valence-corrected chi connectivity index (χ2v) is 9.69. The first-order chi connectivity index (χ1) is 18.6. The van der Waals surface area contributed by atoms with Crippen LogP contribution in [0.4, 0.5) is 32.0 Å². The number of amides is 3. The molecule has 4 N–H and O–H groups in total. The van der Waals surface area contributed by atoms with Gasteiger partial charge in [0.25, 0.3) is 5.91 Å². The molecule has 40 heavy (non-hydrogen) atoms. The van der Waals surface area contributed by atoms with E-state index in [4.69, 9.17) is 17.3 Å². The normalized spacial score (nSPS) is 17.1. The number of hydrogen-bond acceptors (Lipinski definition) is 4. The van der Waals surface area contributed by atoms with Crippen LogP contribution in [-0.2, 0) is 14.4 Å². The van der Waals surface area contributed by atoms with E-state index in [-0.39, 0.29) is 16.4 Å². The van der Waals surface area contributed by atoms with Crippen LogP contribution in [0.25, 0.3) is 0 Å². The number of anilines is 1. The summed E-state index contributed by atoms with van der Waals surface area (Å²) in [7, 11) is 0. The summed E-state index contributed by atoms with van der Waals surface area (Å²) in [4.78, 5) is 42.8. The maximum Gasteiger partial charge on any atom is 0.389 e. The first kappa shape index (κ1) is 30.9. The van der Waals surface area contributed by atoms with E-state index < -0.39 is 73.8 Å². The van der Waals surface area contributed by atoms with Crippen molar-refractivity contribution < 1.29 is 40.7 Å². The predicted molar refractivity (Wildman–Crippen MR) is 136 cm³/mol. The van der Waals surface area contributed by atoms with Crippen molar-refractivity contribution in [1.29, 1.82) is 0 Å². The minimum absolute atomic E-state index is 0.142. The standard InChI is InChI=1S/C26H25ClF6N4O3/c1-13-5-2-3-6-14(13)19-17-7-4-8-18(27)20(17)36-24(40)22(35-19)37-23(39)16(10-12-26(31,32)33)15(21(34)38)9-11-25(28,29)30/h2-8,15-16,22H,9-12H2,1H3,(H2,34,38)(H,36,40)(H,37,39). The molecule has 3 rings (SSSR count). The van der Waals surface area contributed by atoms with Gasteiger partial charge in [-0.2, -0.15) is 26.3 Å². The van der Waals surface area contributed by atoms with Crippen LogP contribution in [0.5, 0.6) is 0 Å². The number of primary amides is 1. The molecule has 2 aromatic carbocycles. The van der Waals surface area contributed by atoms with Crippen molar-refractivity contribution in [3.05, 3.63) is 64.2 Å². The number of alkyl halides is 6. The number of hydrogen-bond donors (Lipinski definition) is 3. The van der Waals surface area contributed by atoms with Gasteiger partial charge in [-0.15, -0.1) is 0 Å². The van der Waals surface area contributed by atoms with Crippen molar-refractivity contribution in [1.82, 2.24) is 5.32 Å². The van der Waals surface area contributed by atoms with Crippen molar-refractivity contribution in [2.45, 2.75) is 51.1 Å². The molecule has 3 amide bonds. The molecule has 0 saturated carbocycles. The summed E-state index contributed by atoms with van der Waals surface area (Å²) < 4.78 is 77.7. The third-order valence-corrected chi connectivity index (χ3v) is 6.68. The molecule has 0 saturated heterocycles. The lowest BCUT2D eigenvalue weighted by Crippen LogP contribution is -2.48. The van der Waals surface area contributed by atoms with Crippen LogP contribution in [0.15, 0.2) is 47.5 Å². The van der Waals surface area contributed by atoms with Crippen molar-refractivity contribution in [3.8, 4) is 0 Å². The fraction of sp³-hybridized carbons (Fsp3) is 0.385. The van der Waals surface area contributed by atoms with E-state index in [1.165, 1.54) is 6.07 Å². The fourth-order valence-electron chi connectivity index (χ4n) is 4.39. The summed E-state index contributed by atoms with van der Waals surface area (Å²) >= 11 is 6.30. The molecule has 0 aliphatic carbocycles. The molecule has 3 atom stereocenters. The van der Waals surface area contributed by atoms with Crippen molar-refractivity contribution in [3.63, 3.8) is 0 Å². The monoisotopic (exact) mass is 590 g/mol. The lowest BCUT2D eigenvalue weighted by atomic mass is 9.83. The second kappa shape index (κ2) is 12.3. The number of nitrogens with zero attached hydrogens (tertiary/aromatic N) is 1. The van der Waals surface area contributed by atoms with Crippen LogP contribution < -0.4 is 16.4 Å². The largest absolute Gasteiger partial charge is 0.389 e. The Hall–Kier alpha value is -3.61. The van der Waals surface area contributed by atoms with Crippen molar-refractivity contribution >= 4 is 40.7 Å². The Kier molecular flexibility index (Phi) is 9.49. The van der Waals surface area contributed by atoms with Gasteiger partial charge in [0.2, 0.25) is 18.0 Å². The van der Waals surface area contributed by atoms with Crippen LogP contribution in [0.1, 0.15) is 42.4 Å². The number of halogens is 7. The molecule has 0 fully saturated rings. The zero-order valence-electron chi connectivity index (χ0n) is 21.0. The van der Waals surface area contributed by atoms with Gasteiger partial charge in [0.05, 0.1) is 16.4 Å². The van der Waals surface area contributed by atoms with Gasteiger partial charge in [-0.05, 0) is 31.4 Å². The van der Waals surface area contributed by atoms with Crippen LogP contribution in [0.2, 0.25) is 5.02 Å². The summed E-state index contributed by atoms with van der Waals surface area (Å²) in [6.07, 6.45) is -16.4. The van der Waals surface area contributed by atoms with Crippen LogP contribution in [0, 0.1) is 18.8 Å². The number of aryl methyl sites for hydroxylation is 1. The van der Waals surface area contributed by atoms with E-state index in [1.54, 1.807) is 43.3 Å². The van der Waals surface area contributed by atoms with E-state index in [1.807, 2.05) is 0 Å². The molecule has 0 aromatic heterocycles. The average Bonchev–Trinajstić information content (AvgIpc) is 2.97. The molecule has 0 bridgehead atoms. The van der Waals surface area contributed by atoms with Crippen molar-refractivity contribution in [2.75, 3.05) is 5.32 Å². The summed E-state index contributed by atoms with van der Waals surface area (Å²) in [5.41, 5.74) is 7.29. The molecule has 1 heterocycles. The van der Waals surface area contributed by atoms with Crippen molar-refractivity contribution in [2.24, 2.45) is 22.6 Å². The van der Waals surface area contributed by atoms with Crippen LogP contribution in [-0.4, -0.2) is 42.0 Å². The Morgan fingerprint density at radius 2 is 1.55 bits per heavy atom.